The second-order valence-electron chi connectivity index (χ2n) is 5.19. The van der Waals surface area contributed by atoms with Gasteiger partial charge in [0.1, 0.15) is 0 Å². The number of nitrogens with two attached hydrogens (primary N) is 1. The van der Waals surface area contributed by atoms with Gasteiger partial charge in [0.05, 0.1) is 6.61 Å². The van der Waals surface area contributed by atoms with Crippen molar-refractivity contribution in [2.45, 2.75) is 39.3 Å². The fourth-order valence-corrected chi connectivity index (χ4v) is 2.32. The van der Waals surface area contributed by atoms with E-state index in [0.717, 1.165) is 13.2 Å². The van der Waals surface area contributed by atoms with Crippen molar-refractivity contribution in [2.24, 2.45) is 17.6 Å². The van der Waals surface area contributed by atoms with Crippen molar-refractivity contribution in [1.82, 2.24) is 4.90 Å². The van der Waals surface area contributed by atoms with Crippen LogP contribution in [0.1, 0.15) is 27.2 Å². The zero-order chi connectivity index (χ0) is 11.4. The second-order valence-corrected chi connectivity index (χ2v) is 5.19. The van der Waals surface area contributed by atoms with Gasteiger partial charge in [-0.3, -0.25) is 4.90 Å². The maximum absolute atomic E-state index is 6.12. The number of methoxy groups -OCH3 is 1. The van der Waals surface area contributed by atoms with Crippen molar-refractivity contribution in [3.05, 3.63) is 0 Å². The molecule has 0 aromatic heterocycles. The van der Waals surface area contributed by atoms with Gasteiger partial charge in [-0.2, -0.15) is 0 Å². The molecule has 0 aromatic carbocycles. The van der Waals surface area contributed by atoms with Crippen LogP contribution in [0, 0.1) is 11.8 Å². The molecule has 0 radical (unpaired) electrons. The summed E-state index contributed by atoms with van der Waals surface area (Å²) in [6.07, 6.45) is 1.22. The summed E-state index contributed by atoms with van der Waals surface area (Å²) in [6.45, 7) is 9.77. The molecule has 2 N–H and O–H groups in total. The van der Waals surface area contributed by atoms with Crippen molar-refractivity contribution in [3.8, 4) is 0 Å². The summed E-state index contributed by atoms with van der Waals surface area (Å²) in [5, 5.41) is 0. The van der Waals surface area contributed by atoms with Gasteiger partial charge in [-0.15, -0.1) is 0 Å². The van der Waals surface area contributed by atoms with Crippen LogP contribution in [0.3, 0.4) is 0 Å². The molecule has 1 saturated heterocycles. The Balaban J connectivity index is 2.53. The van der Waals surface area contributed by atoms with E-state index in [2.05, 4.69) is 25.7 Å². The molecule has 3 heteroatoms. The average molecular weight is 214 g/mol. The third-order valence-electron chi connectivity index (χ3n) is 3.62. The zero-order valence-corrected chi connectivity index (χ0v) is 10.6. The molecule has 0 saturated carbocycles. The summed E-state index contributed by atoms with van der Waals surface area (Å²) < 4.78 is 5.30. The van der Waals surface area contributed by atoms with Crippen LogP contribution in [0.5, 0.6) is 0 Å². The number of piperidine rings is 1. The summed E-state index contributed by atoms with van der Waals surface area (Å²) in [6, 6.07) is 0.852. The van der Waals surface area contributed by atoms with E-state index in [0.29, 0.717) is 23.9 Å². The average Bonchev–Trinajstić information content (AvgIpc) is 2.18. The molecule has 3 nitrogen and oxygen atoms in total. The van der Waals surface area contributed by atoms with Crippen LogP contribution in [0.2, 0.25) is 0 Å². The summed E-state index contributed by atoms with van der Waals surface area (Å²) in [4.78, 5) is 2.50. The summed E-state index contributed by atoms with van der Waals surface area (Å²) in [5.74, 6) is 1.29. The molecule has 1 fully saturated rings. The smallest absolute Gasteiger partial charge is 0.0620 e. The Kier molecular flexibility index (Phi) is 5.03. The topological polar surface area (TPSA) is 38.5 Å². The summed E-state index contributed by atoms with van der Waals surface area (Å²) in [7, 11) is 1.78. The van der Waals surface area contributed by atoms with Crippen LogP contribution in [-0.4, -0.2) is 43.8 Å². The summed E-state index contributed by atoms with van der Waals surface area (Å²) >= 11 is 0. The Bertz CT molecular complexity index is 184. The van der Waals surface area contributed by atoms with Gasteiger partial charge in [0.2, 0.25) is 0 Å². The van der Waals surface area contributed by atoms with E-state index in [-0.39, 0.29) is 0 Å². The SMILES string of the molecule is COCC(C(C)C)N1CCC(C)C(N)C1. The Hall–Kier alpha value is -0.120. The first-order valence-corrected chi connectivity index (χ1v) is 6.04. The first-order chi connectivity index (χ1) is 7.06. The molecule has 3 unspecified atom stereocenters. The van der Waals surface area contributed by atoms with E-state index in [4.69, 9.17) is 10.5 Å². The van der Waals surface area contributed by atoms with E-state index >= 15 is 0 Å². The first-order valence-electron chi connectivity index (χ1n) is 6.04. The lowest BCUT2D eigenvalue weighted by atomic mass is 9.91. The fraction of sp³-hybridized carbons (Fsp3) is 1.00. The van der Waals surface area contributed by atoms with Crippen molar-refractivity contribution in [2.75, 3.05) is 26.8 Å². The molecule has 0 spiro atoms. The maximum Gasteiger partial charge on any atom is 0.0620 e. The number of ether oxygens (including phenoxy) is 1. The molecule has 15 heavy (non-hydrogen) atoms. The molecule has 1 aliphatic heterocycles. The predicted molar refractivity (Wildman–Crippen MR) is 63.8 cm³/mol. The Morgan fingerprint density at radius 3 is 2.60 bits per heavy atom. The van der Waals surface area contributed by atoms with Crippen LogP contribution in [-0.2, 0) is 4.74 Å². The van der Waals surface area contributed by atoms with Crippen LogP contribution in [0.25, 0.3) is 0 Å². The Morgan fingerprint density at radius 2 is 2.13 bits per heavy atom. The minimum Gasteiger partial charge on any atom is -0.383 e. The molecule has 1 aliphatic rings. The van der Waals surface area contributed by atoms with Crippen LogP contribution >= 0.6 is 0 Å². The molecular formula is C12H26N2O. The standard InChI is InChI=1S/C12H26N2O/c1-9(2)12(8-15-4)14-6-5-10(3)11(13)7-14/h9-12H,5-8,13H2,1-4H3. The molecule has 1 rings (SSSR count). The summed E-state index contributed by atoms with van der Waals surface area (Å²) in [5.41, 5.74) is 6.12. The lowest BCUT2D eigenvalue weighted by Gasteiger charge is -2.41. The van der Waals surface area contributed by atoms with E-state index in [1.165, 1.54) is 13.0 Å². The van der Waals surface area contributed by atoms with Crippen molar-refractivity contribution < 1.29 is 4.74 Å². The van der Waals surface area contributed by atoms with Gasteiger partial charge in [0.25, 0.3) is 0 Å². The normalized spacial score (nSPS) is 30.8. The van der Waals surface area contributed by atoms with Gasteiger partial charge in [-0.25, -0.2) is 0 Å². The lowest BCUT2D eigenvalue weighted by molar-refractivity contribution is 0.0368. The molecule has 3 atom stereocenters. The number of rotatable bonds is 4. The largest absolute Gasteiger partial charge is 0.383 e. The molecular weight excluding hydrogens is 188 g/mol. The zero-order valence-electron chi connectivity index (χ0n) is 10.6. The molecule has 0 amide bonds. The monoisotopic (exact) mass is 214 g/mol. The number of hydrogen-bond acceptors (Lipinski definition) is 3. The second kappa shape index (κ2) is 5.83. The van der Waals surface area contributed by atoms with Crippen LogP contribution in [0.15, 0.2) is 0 Å². The maximum atomic E-state index is 6.12. The van der Waals surface area contributed by atoms with Gasteiger partial charge < -0.3 is 10.5 Å². The highest BCUT2D eigenvalue weighted by Gasteiger charge is 2.29. The predicted octanol–water partition coefficient (Wildman–Crippen LogP) is 1.33. The van der Waals surface area contributed by atoms with E-state index in [1.807, 2.05) is 0 Å². The third-order valence-corrected chi connectivity index (χ3v) is 3.62. The van der Waals surface area contributed by atoms with Crippen molar-refractivity contribution in [3.63, 3.8) is 0 Å². The fourth-order valence-electron chi connectivity index (χ4n) is 2.32. The minimum absolute atomic E-state index is 0.330. The van der Waals surface area contributed by atoms with Gasteiger partial charge in [0.15, 0.2) is 0 Å². The van der Waals surface area contributed by atoms with Crippen molar-refractivity contribution in [1.29, 1.82) is 0 Å². The van der Waals surface area contributed by atoms with Gasteiger partial charge in [-0.1, -0.05) is 20.8 Å². The first kappa shape index (κ1) is 12.9. The van der Waals surface area contributed by atoms with Gasteiger partial charge in [-0.05, 0) is 24.8 Å². The third kappa shape index (κ3) is 3.44. The highest BCUT2D eigenvalue weighted by Crippen LogP contribution is 2.20. The van der Waals surface area contributed by atoms with Gasteiger partial charge in [0, 0.05) is 25.7 Å². The van der Waals surface area contributed by atoms with E-state index in [1.54, 1.807) is 7.11 Å². The van der Waals surface area contributed by atoms with E-state index in [9.17, 15) is 0 Å². The van der Waals surface area contributed by atoms with Crippen molar-refractivity contribution >= 4 is 0 Å². The number of likely N-dealkylation sites (tertiary alicyclic amines) is 1. The number of nitrogens with zero attached hydrogens (tertiary/aromatic N) is 1. The Morgan fingerprint density at radius 1 is 1.47 bits per heavy atom. The van der Waals surface area contributed by atoms with Crippen LogP contribution in [0.4, 0.5) is 0 Å². The highest BCUT2D eigenvalue weighted by molar-refractivity contribution is 4.85. The molecule has 0 aliphatic carbocycles. The number of hydrogen-bond donors (Lipinski definition) is 1. The Labute approximate surface area is 94.0 Å². The van der Waals surface area contributed by atoms with E-state index < -0.39 is 0 Å². The molecule has 0 aromatic rings. The molecule has 90 valence electrons. The van der Waals surface area contributed by atoms with Gasteiger partial charge >= 0.3 is 0 Å². The van der Waals surface area contributed by atoms with Crippen LogP contribution < -0.4 is 5.73 Å². The lowest BCUT2D eigenvalue weighted by Crippen LogP contribution is -2.53. The quantitative estimate of drug-likeness (QED) is 0.767. The minimum atomic E-state index is 0.330. The highest BCUT2D eigenvalue weighted by atomic mass is 16.5. The molecule has 0 bridgehead atoms. The molecule has 1 heterocycles.